The maximum Gasteiger partial charge on any atom is 0.200 e. The van der Waals surface area contributed by atoms with E-state index in [2.05, 4.69) is 20.3 Å². The van der Waals surface area contributed by atoms with E-state index in [-0.39, 0.29) is 5.96 Å². The molecule has 3 N–H and O–H groups in total. The van der Waals surface area contributed by atoms with E-state index in [9.17, 15) is 0 Å². The number of anilines is 1. The van der Waals surface area contributed by atoms with Gasteiger partial charge in [-0.05, 0) is 31.2 Å². The average molecular weight is 352 g/mol. The number of benzene rings is 1. The van der Waals surface area contributed by atoms with E-state index in [4.69, 9.17) is 15.2 Å². The Labute approximate surface area is 151 Å². The van der Waals surface area contributed by atoms with Gasteiger partial charge < -0.3 is 25.1 Å². The van der Waals surface area contributed by atoms with Crippen molar-refractivity contribution in [1.29, 1.82) is 0 Å². The van der Waals surface area contributed by atoms with Gasteiger partial charge in [-0.2, -0.15) is 4.99 Å². The van der Waals surface area contributed by atoms with Crippen molar-refractivity contribution >= 4 is 17.5 Å². The Balaban J connectivity index is 1.85. The van der Waals surface area contributed by atoms with Gasteiger partial charge in [0, 0.05) is 24.1 Å². The molecule has 0 saturated heterocycles. The summed E-state index contributed by atoms with van der Waals surface area (Å²) in [6.45, 7) is 1.93. The van der Waals surface area contributed by atoms with Gasteiger partial charge in [-0.1, -0.05) is 0 Å². The van der Waals surface area contributed by atoms with E-state index in [1.54, 1.807) is 38.9 Å². The highest BCUT2D eigenvalue weighted by molar-refractivity contribution is 5.94. The summed E-state index contributed by atoms with van der Waals surface area (Å²) in [5.74, 6) is 1.81. The summed E-state index contributed by atoms with van der Waals surface area (Å²) in [6.07, 6.45) is 5.29. The van der Waals surface area contributed by atoms with Crippen LogP contribution in [0.2, 0.25) is 0 Å². The van der Waals surface area contributed by atoms with Crippen molar-refractivity contribution in [2.75, 3.05) is 19.5 Å². The number of hydrogen-bond acceptors (Lipinski definition) is 5. The van der Waals surface area contributed by atoms with Crippen molar-refractivity contribution in [3.8, 4) is 17.2 Å². The fraction of sp³-hybridized carbons (Fsp3) is 0.167. The van der Waals surface area contributed by atoms with Crippen LogP contribution in [0.1, 0.15) is 5.69 Å². The predicted molar refractivity (Wildman–Crippen MR) is 101 cm³/mol. The number of nitrogens with zero attached hydrogens (tertiary/aromatic N) is 4. The molecule has 0 fully saturated rings. The first-order valence-electron chi connectivity index (χ1n) is 7.90. The minimum atomic E-state index is 0.190. The molecular formula is C18H20N6O2. The second-order valence-electron chi connectivity index (χ2n) is 5.46. The molecule has 3 rings (SSSR count). The number of rotatable bonds is 5. The largest absolute Gasteiger partial charge is 0.494 e. The molecule has 3 aromatic rings. The molecule has 26 heavy (non-hydrogen) atoms. The Bertz CT molecular complexity index is 935. The molecule has 0 aliphatic heterocycles. The Hall–Kier alpha value is -3.55. The number of aryl methyl sites for hydroxylation is 1. The monoisotopic (exact) mass is 352 g/mol. The van der Waals surface area contributed by atoms with E-state index < -0.39 is 0 Å². The van der Waals surface area contributed by atoms with Crippen LogP contribution in [-0.4, -0.2) is 34.7 Å². The van der Waals surface area contributed by atoms with Crippen molar-refractivity contribution < 1.29 is 9.47 Å². The Morgan fingerprint density at radius 3 is 2.65 bits per heavy atom. The summed E-state index contributed by atoms with van der Waals surface area (Å²) in [6, 6.07) is 9.16. The van der Waals surface area contributed by atoms with E-state index in [1.807, 2.05) is 35.9 Å². The first-order valence-corrected chi connectivity index (χ1v) is 7.90. The third-order valence-electron chi connectivity index (χ3n) is 3.64. The van der Waals surface area contributed by atoms with Gasteiger partial charge in [0.05, 0.1) is 31.9 Å². The normalized spacial score (nSPS) is 11.3. The minimum Gasteiger partial charge on any atom is -0.494 e. The molecule has 2 aromatic heterocycles. The molecule has 0 amide bonds. The highest BCUT2D eigenvalue weighted by atomic mass is 16.5. The molecule has 134 valence electrons. The highest BCUT2D eigenvalue weighted by Gasteiger charge is 2.08. The van der Waals surface area contributed by atoms with E-state index in [0.717, 1.165) is 17.1 Å². The number of aliphatic imine (C=N–C) groups is 1. The fourth-order valence-electron chi connectivity index (χ4n) is 2.44. The first-order chi connectivity index (χ1) is 12.6. The number of guanidine groups is 1. The van der Waals surface area contributed by atoms with Crippen molar-refractivity contribution in [3.05, 3.63) is 54.7 Å². The molecule has 0 radical (unpaired) electrons. The lowest BCUT2D eigenvalue weighted by Crippen LogP contribution is -2.22. The lowest BCUT2D eigenvalue weighted by atomic mass is 10.2. The van der Waals surface area contributed by atoms with Gasteiger partial charge in [-0.15, -0.1) is 0 Å². The van der Waals surface area contributed by atoms with Gasteiger partial charge in [-0.25, -0.2) is 9.97 Å². The zero-order valence-corrected chi connectivity index (χ0v) is 14.8. The molecule has 8 heteroatoms. The SMILES string of the molecule is COc1cc(NC(N)=Nc2ncccc2OC)ccc1-n1cnc(C)c1. The van der Waals surface area contributed by atoms with E-state index >= 15 is 0 Å². The highest BCUT2D eigenvalue weighted by Crippen LogP contribution is 2.27. The molecule has 1 aromatic carbocycles. The smallest absolute Gasteiger partial charge is 0.200 e. The second kappa shape index (κ2) is 7.56. The summed E-state index contributed by atoms with van der Waals surface area (Å²) >= 11 is 0. The van der Waals surface area contributed by atoms with Crippen LogP contribution in [-0.2, 0) is 0 Å². The topological polar surface area (TPSA) is 99.6 Å². The van der Waals surface area contributed by atoms with Crippen LogP contribution in [0.15, 0.2) is 54.0 Å². The summed E-state index contributed by atoms with van der Waals surface area (Å²) < 4.78 is 12.6. The van der Waals surface area contributed by atoms with Gasteiger partial charge >= 0.3 is 0 Å². The number of imidazole rings is 1. The quantitative estimate of drug-likeness (QED) is 0.541. The number of hydrogen-bond donors (Lipinski definition) is 2. The number of nitrogens with two attached hydrogens (primary N) is 1. The minimum absolute atomic E-state index is 0.190. The molecule has 0 spiro atoms. The Morgan fingerprint density at radius 1 is 1.15 bits per heavy atom. The first kappa shape index (κ1) is 17.3. The van der Waals surface area contributed by atoms with Gasteiger partial charge in [0.1, 0.15) is 5.75 Å². The fourth-order valence-corrected chi connectivity index (χ4v) is 2.44. The summed E-state index contributed by atoms with van der Waals surface area (Å²) in [4.78, 5) is 12.6. The molecule has 0 aliphatic carbocycles. The molecule has 0 saturated carbocycles. The zero-order chi connectivity index (χ0) is 18.5. The van der Waals surface area contributed by atoms with Crippen LogP contribution >= 0.6 is 0 Å². The number of aromatic nitrogens is 3. The van der Waals surface area contributed by atoms with Gasteiger partial charge in [0.15, 0.2) is 17.5 Å². The average Bonchev–Trinajstić information content (AvgIpc) is 3.08. The van der Waals surface area contributed by atoms with Crippen molar-refractivity contribution in [2.45, 2.75) is 6.92 Å². The zero-order valence-electron chi connectivity index (χ0n) is 14.8. The lowest BCUT2D eigenvalue weighted by molar-refractivity contribution is 0.413. The van der Waals surface area contributed by atoms with Crippen molar-refractivity contribution in [2.24, 2.45) is 10.7 Å². The van der Waals surface area contributed by atoms with Gasteiger partial charge in [0.25, 0.3) is 0 Å². The third-order valence-corrected chi connectivity index (χ3v) is 3.64. The van der Waals surface area contributed by atoms with E-state index in [0.29, 0.717) is 17.3 Å². The van der Waals surface area contributed by atoms with E-state index in [1.165, 1.54) is 0 Å². The summed E-state index contributed by atoms with van der Waals surface area (Å²) in [7, 11) is 3.17. The molecule has 0 unspecified atom stereocenters. The van der Waals surface area contributed by atoms with Crippen LogP contribution in [0.5, 0.6) is 11.5 Å². The predicted octanol–water partition coefficient (Wildman–Crippen LogP) is 2.65. The number of nitrogens with one attached hydrogen (secondary N) is 1. The molecule has 8 nitrogen and oxygen atoms in total. The second-order valence-corrected chi connectivity index (χ2v) is 5.46. The third kappa shape index (κ3) is 3.75. The van der Waals surface area contributed by atoms with Crippen LogP contribution in [0, 0.1) is 6.92 Å². The molecular weight excluding hydrogens is 332 g/mol. The van der Waals surface area contributed by atoms with Crippen LogP contribution in [0.3, 0.4) is 0 Å². The van der Waals surface area contributed by atoms with Gasteiger partial charge in [0.2, 0.25) is 0 Å². The summed E-state index contributed by atoms with van der Waals surface area (Å²) in [5.41, 5.74) is 8.53. The standard InChI is InChI=1S/C18H20N6O2/c1-12-10-24(11-21-12)14-7-6-13(9-16(14)26-3)22-18(19)23-17-15(25-2)5-4-8-20-17/h4-11H,1-3H3,(H3,19,20,22,23). The van der Waals surface area contributed by atoms with Crippen LogP contribution < -0.4 is 20.5 Å². The maximum atomic E-state index is 5.99. The number of pyridine rings is 1. The van der Waals surface area contributed by atoms with Crippen LogP contribution in [0.25, 0.3) is 5.69 Å². The molecule has 0 aliphatic rings. The number of methoxy groups -OCH3 is 2. The lowest BCUT2D eigenvalue weighted by Gasteiger charge is -2.12. The van der Waals surface area contributed by atoms with Gasteiger partial charge in [-0.3, -0.25) is 0 Å². The molecule has 0 atom stereocenters. The Morgan fingerprint density at radius 2 is 1.96 bits per heavy atom. The van der Waals surface area contributed by atoms with Crippen molar-refractivity contribution in [1.82, 2.24) is 14.5 Å². The number of ether oxygens (including phenoxy) is 2. The maximum absolute atomic E-state index is 5.99. The Kier molecular flexibility index (Phi) is 5.02. The van der Waals surface area contributed by atoms with Crippen molar-refractivity contribution in [3.63, 3.8) is 0 Å². The molecule has 2 heterocycles. The van der Waals surface area contributed by atoms with Crippen LogP contribution in [0.4, 0.5) is 11.5 Å². The summed E-state index contributed by atoms with van der Waals surface area (Å²) in [5, 5.41) is 3.03. The molecule has 0 bridgehead atoms.